The van der Waals surface area contributed by atoms with Crippen LogP contribution in [0.2, 0.25) is 0 Å². The zero-order valence-corrected chi connectivity index (χ0v) is 13.2. The molecule has 1 aliphatic carbocycles. The lowest BCUT2D eigenvalue weighted by molar-refractivity contribution is 0.382. The number of hydrogen-bond donors (Lipinski definition) is 1. The van der Waals surface area contributed by atoms with Gasteiger partial charge in [-0.05, 0) is 50.3 Å². The van der Waals surface area contributed by atoms with E-state index in [9.17, 15) is 0 Å². The van der Waals surface area contributed by atoms with E-state index in [-0.39, 0.29) is 0 Å². The van der Waals surface area contributed by atoms with E-state index in [0.29, 0.717) is 6.04 Å². The molecule has 1 heterocycles. The van der Waals surface area contributed by atoms with Crippen LogP contribution in [0.3, 0.4) is 0 Å². The summed E-state index contributed by atoms with van der Waals surface area (Å²) < 4.78 is 5.35. The lowest BCUT2D eigenvalue weighted by Gasteiger charge is -2.35. The first-order chi connectivity index (χ1) is 10.3. The van der Waals surface area contributed by atoms with Gasteiger partial charge in [-0.25, -0.2) is 0 Å². The van der Waals surface area contributed by atoms with Crippen molar-refractivity contribution in [1.82, 2.24) is 5.32 Å². The van der Waals surface area contributed by atoms with Crippen molar-refractivity contribution in [2.75, 3.05) is 31.6 Å². The van der Waals surface area contributed by atoms with Crippen LogP contribution in [-0.2, 0) is 0 Å². The average molecular weight is 288 g/mol. The molecule has 1 aromatic carbocycles. The van der Waals surface area contributed by atoms with Crippen molar-refractivity contribution < 1.29 is 4.74 Å². The molecule has 0 amide bonds. The van der Waals surface area contributed by atoms with Crippen LogP contribution in [-0.4, -0.2) is 32.8 Å². The molecule has 116 valence electrons. The van der Waals surface area contributed by atoms with E-state index < -0.39 is 0 Å². The van der Waals surface area contributed by atoms with E-state index in [1.807, 2.05) is 6.07 Å². The van der Waals surface area contributed by atoms with Crippen LogP contribution in [0.15, 0.2) is 24.3 Å². The highest BCUT2D eigenvalue weighted by atomic mass is 16.5. The second-order valence-corrected chi connectivity index (χ2v) is 6.55. The number of piperidine rings is 1. The summed E-state index contributed by atoms with van der Waals surface area (Å²) in [5.74, 6) is 1.88. The quantitative estimate of drug-likeness (QED) is 0.898. The van der Waals surface area contributed by atoms with Crippen LogP contribution < -0.4 is 15.0 Å². The third kappa shape index (κ3) is 3.91. The molecule has 0 radical (unpaired) electrons. The normalized spacial score (nSPS) is 23.5. The summed E-state index contributed by atoms with van der Waals surface area (Å²) in [6.45, 7) is 3.51. The topological polar surface area (TPSA) is 24.5 Å². The number of nitrogens with zero attached hydrogens (tertiary/aromatic N) is 1. The smallest absolute Gasteiger partial charge is 0.120 e. The molecule has 1 saturated heterocycles. The number of benzene rings is 1. The number of ether oxygens (including phenoxy) is 1. The molecule has 0 aromatic heterocycles. The largest absolute Gasteiger partial charge is 0.497 e. The fourth-order valence-electron chi connectivity index (χ4n) is 3.73. The lowest BCUT2D eigenvalue weighted by Crippen LogP contribution is -2.46. The third-order valence-electron chi connectivity index (χ3n) is 5.01. The first kappa shape index (κ1) is 14.7. The van der Waals surface area contributed by atoms with Gasteiger partial charge in [0, 0.05) is 30.9 Å². The molecule has 3 rings (SSSR count). The van der Waals surface area contributed by atoms with Gasteiger partial charge in [0.1, 0.15) is 5.75 Å². The second-order valence-electron chi connectivity index (χ2n) is 6.55. The maximum atomic E-state index is 5.35. The molecule has 1 unspecified atom stereocenters. The highest BCUT2D eigenvalue weighted by Crippen LogP contribution is 2.26. The number of nitrogens with one attached hydrogen (secondary N) is 1. The van der Waals surface area contributed by atoms with Crippen molar-refractivity contribution in [3.05, 3.63) is 24.3 Å². The van der Waals surface area contributed by atoms with Crippen LogP contribution in [0.1, 0.15) is 38.5 Å². The minimum atomic E-state index is 0.644. The Balaban J connectivity index is 1.54. The van der Waals surface area contributed by atoms with Gasteiger partial charge in [0.15, 0.2) is 0 Å². The highest BCUT2D eigenvalue weighted by Gasteiger charge is 2.22. The van der Waals surface area contributed by atoms with E-state index in [0.717, 1.165) is 24.8 Å². The molecular formula is C18H28N2O. The Labute approximate surface area is 128 Å². The minimum Gasteiger partial charge on any atom is -0.497 e. The maximum absolute atomic E-state index is 5.35. The van der Waals surface area contributed by atoms with Gasteiger partial charge >= 0.3 is 0 Å². The zero-order chi connectivity index (χ0) is 14.5. The minimum absolute atomic E-state index is 0.644. The molecule has 2 fully saturated rings. The van der Waals surface area contributed by atoms with Crippen molar-refractivity contribution in [3.8, 4) is 5.75 Å². The van der Waals surface area contributed by atoms with Gasteiger partial charge in [-0.3, -0.25) is 0 Å². The Morgan fingerprint density at radius 1 is 1.19 bits per heavy atom. The molecule has 2 aliphatic rings. The van der Waals surface area contributed by atoms with Crippen LogP contribution in [0, 0.1) is 5.92 Å². The van der Waals surface area contributed by atoms with Crippen molar-refractivity contribution in [2.45, 2.75) is 44.6 Å². The Kier molecular flexibility index (Phi) is 5.02. The summed E-state index contributed by atoms with van der Waals surface area (Å²) in [7, 11) is 1.74. The summed E-state index contributed by atoms with van der Waals surface area (Å²) in [4.78, 5) is 2.50. The lowest BCUT2D eigenvalue weighted by atomic mass is 10.0. The molecule has 21 heavy (non-hydrogen) atoms. The van der Waals surface area contributed by atoms with Crippen LogP contribution >= 0.6 is 0 Å². The molecular weight excluding hydrogens is 260 g/mol. The molecule has 1 saturated carbocycles. The van der Waals surface area contributed by atoms with E-state index in [4.69, 9.17) is 4.74 Å². The summed E-state index contributed by atoms with van der Waals surface area (Å²) in [5, 5.41) is 3.82. The molecule has 0 bridgehead atoms. The van der Waals surface area contributed by atoms with Gasteiger partial charge in [0.2, 0.25) is 0 Å². The first-order valence-electron chi connectivity index (χ1n) is 8.47. The van der Waals surface area contributed by atoms with Gasteiger partial charge in [0.05, 0.1) is 7.11 Å². The Hall–Kier alpha value is -1.22. The van der Waals surface area contributed by atoms with Crippen molar-refractivity contribution in [1.29, 1.82) is 0 Å². The Morgan fingerprint density at radius 2 is 2.05 bits per heavy atom. The Morgan fingerprint density at radius 3 is 2.86 bits per heavy atom. The third-order valence-corrected chi connectivity index (χ3v) is 5.01. The molecule has 1 aliphatic heterocycles. The summed E-state index contributed by atoms with van der Waals surface area (Å²) in [6, 6.07) is 9.10. The van der Waals surface area contributed by atoms with E-state index in [1.165, 1.54) is 50.8 Å². The summed E-state index contributed by atoms with van der Waals surface area (Å²) in [6.07, 6.45) is 8.32. The molecule has 1 atom stereocenters. The average Bonchev–Trinajstić information content (AvgIpc) is 3.07. The predicted octanol–water partition coefficient (Wildman–Crippen LogP) is 3.44. The predicted molar refractivity (Wildman–Crippen MR) is 88.2 cm³/mol. The van der Waals surface area contributed by atoms with Crippen molar-refractivity contribution in [2.24, 2.45) is 5.92 Å². The molecule has 0 spiro atoms. The SMILES string of the molecule is COc1cccc(N2CCCC(NCC3CCCC3)C2)c1. The van der Waals surface area contributed by atoms with Crippen molar-refractivity contribution in [3.63, 3.8) is 0 Å². The second kappa shape index (κ2) is 7.17. The van der Waals surface area contributed by atoms with Gasteiger partial charge in [0.25, 0.3) is 0 Å². The van der Waals surface area contributed by atoms with Gasteiger partial charge < -0.3 is 15.0 Å². The molecule has 3 nitrogen and oxygen atoms in total. The van der Waals surface area contributed by atoms with Crippen LogP contribution in [0.5, 0.6) is 5.75 Å². The molecule has 3 heteroatoms. The summed E-state index contributed by atoms with van der Waals surface area (Å²) in [5.41, 5.74) is 1.29. The van der Waals surface area contributed by atoms with E-state index >= 15 is 0 Å². The number of rotatable bonds is 5. The van der Waals surface area contributed by atoms with Gasteiger partial charge in [-0.15, -0.1) is 0 Å². The number of anilines is 1. The Bertz CT molecular complexity index is 443. The van der Waals surface area contributed by atoms with Gasteiger partial charge in [-0.2, -0.15) is 0 Å². The summed E-state index contributed by atoms with van der Waals surface area (Å²) >= 11 is 0. The monoisotopic (exact) mass is 288 g/mol. The fourth-order valence-corrected chi connectivity index (χ4v) is 3.73. The zero-order valence-electron chi connectivity index (χ0n) is 13.2. The number of hydrogen-bond acceptors (Lipinski definition) is 3. The first-order valence-corrected chi connectivity index (χ1v) is 8.47. The van der Waals surface area contributed by atoms with Crippen LogP contribution in [0.25, 0.3) is 0 Å². The maximum Gasteiger partial charge on any atom is 0.120 e. The highest BCUT2D eigenvalue weighted by molar-refractivity contribution is 5.51. The standard InChI is InChI=1S/C18H28N2O/c1-21-18-10-4-9-17(12-18)20-11-5-8-16(14-20)19-13-15-6-2-3-7-15/h4,9-10,12,15-16,19H,2-3,5-8,11,13-14H2,1H3. The number of methoxy groups -OCH3 is 1. The van der Waals surface area contributed by atoms with E-state index in [1.54, 1.807) is 7.11 Å². The molecule has 1 N–H and O–H groups in total. The molecule has 1 aromatic rings. The fraction of sp³-hybridized carbons (Fsp3) is 0.667. The van der Waals surface area contributed by atoms with E-state index in [2.05, 4.69) is 28.4 Å². The van der Waals surface area contributed by atoms with Crippen LogP contribution in [0.4, 0.5) is 5.69 Å². The van der Waals surface area contributed by atoms with Gasteiger partial charge in [-0.1, -0.05) is 18.9 Å². The van der Waals surface area contributed by atoms with Crippen molar-refractivity contribution >= 4 is 5.69 Å².